The van der Waals surface area contributed by atoms with Gasteiger partial charge < -0.3 is 10.2 Å². The highest BCUT2D eigenvalue weighted by Gasteiger charge is 2.42. The average Bonchev–Trinajstić information content (AvgIpc) is 2.35. The van der Waals surface area contributed by atoms with E-state index in [2.05, 4.69) is 0 Å². The maximum Gasteiger partial charge on any atom is 0.232 e. The molecule has 0 aliphatic carbocycles. The van der Waals surface area contributed by atoms with E-state index in [1.165, 1.54) is 0 Å². The van der Waals surface area contributed by atoms with Crippen LogP contribution in [0.15, 0.2) is 0 Å². The van der Waals surface area contributed by atoms with Gasteiger partial charge in [0.05, 0.1) is 19.3 Å². The largest absolute Gasteiger partial charge is 0.394 e. The summed E-state index contributed by atoms with van der Waals surface area (Å²) in [5.41, 5.74) is 0. The Balaban J connectivity index is 2.70. The van der Waals surface area contributed by atoms with Gasteiger partial charge in [-0.25, -0.2) is 0 Å². The van der Waals surface area contributed by atoms with Crippen LogP contribution in [-0.2, 0) is 9.59 Å². The Kier molecular flexibility index (Phi) is 3.23. The molecule has 1 aliphatic rings. The van der Waals surface area contributed by atoms with Crippen molar-refractivity contribution in [1.82, 2.24) is 4.90 Å². The molecule has 0 aromatic rings. The van der Waals surface area contributed by atoms with Crippen LogP contribution < -0.4 is 0 Å². The number of carbonyl (C=O) groups is 2. The van der Waals surface area contributed by atoms with Gasteiger partial charge in [-0.15, -0.1) is 0 Å². The lowest BCUT2D eigenvalue weighted by Gasteiger charge is -2.17. The number of nitrogens with zero attached hydrogens (tertiary/aromatic N) is 1. The van der Waals surface area contributed by atoms with Crippen molar-refractivity contribution in [3.05, 3.63) is 0 Å². The van der Waals surface area contributed by atoms with Crippen LogP contribution in [0.4, 0.5) is 0 Å². The van der Waals surface area contributed by atoms with Crippen LogP contribution in [0.3, 0.4) is 0 Å². The minimum Gasteiger partial charge on any atom is -0.394 e. The molecule has 1 rings (SSSR count). The molecule has 0 bridgehead atoms. The molecule has 3 unspecified atom stereocenters. The van der Waals surface area contributed by atoms with Crippen molar-refractivity contribution in [3.63, 3.8) is 0 Å². The normalized spacial score (nSPS) is 29.9. The van der Waals surface area contributed by atoms with Crippen molar-refractivity contribution >= 4 is 11.8 Å². The smallest absolute Gasteiger partial charge is 0.232 e. The quantitative estimate of drug-likeness (QED) is 0.573. The van der Waals surface area contributed by atoms with E-state index in [0.717, 1.165) is 4.90 Å². The van der Waals surface area contributed by atoms with Crippen molar-refractivity contribution < 1.29 is 19.8 Å². The fourth-order valence-electron chi connectivity index (χ4n) is 1.48. The maximum atomic E-state index is 11.5. The molecule has 3 atom stereocenters. The molecule has 14 heavy (non-hydrogen) atoms. The summed E-state index contributed by atoms with van der Waals surface area (Å²) in [6.07, 6.45) is -1.04. The first-order chi connectivity index (χ1) is 6.49. The van der Waals surface area contributed by atoms with Gasteiger partial charge in [0.1, 0.15) is 0 Å². The van der Waals surface area contributed by atoms with Gasteiger partial charge in [-0.05, 0) is 0 Å². The highest BCUT2D eigenvalue weighted by Crippen LogP contribution is 2.25. The molecule has 1 heterocycles. The van der Waals surface area contributed by atoms with Crippen LogP contribution >= 0.6 is 0 Å². The Morgan fingerprint density at radius 2 is 1.71 bits per heavy atom. The maximum absolute atomic E-state index is 11.5. The van der Waals surface area contributed by atoms with Crippen molar-refractivity contribution in [2.45, 2.75) is 20.0 Å². The van der Waals surface area contributed by atoms with E-state index in [1.54, 1.807) is 13.8 Å². The average molecular weight is 201 g/mol. The van der Waals surface area contributed by atoms with Crippen LogP contribution in [0.2, 0.25) is 0 Å². The summed E-state index contributed by atoms with van der Waals surface area (Å²) >= 11 is 0. The monoisotopic (exact) mass is 201 g/mol. The van der Waals surface area contributed by atoms with Crippen molar-refractivity contribution in [2.24, 2.45) is 11.8 Å². The zero-order chi connectivity index (χ0) is 10.9. The second kappa shape index (κ2) is 4.06. The summed E-state index contributed by atoms with van der Waals surface area (Å²) in [6, 6.07) is 0. The third kappa shape index (κ3) is 1.78. The van der Waals surface area contributed by atoms with Crippen LogP contribution in [0.25, 0.3) is 0 Å². The number of amides is 2. The molecule has 1 saturated heterocycles. The fourth-order valence-corrected chi connectivity index (χ4v) is 1.48. The SMILES string of the molecule is CC1C(=O)N(CC(O)CO)C(=O)C1C. The molecule has 2 amide bonds. The van der Waals surface area contributed by atoms with Crippen molar-refractivity contribution in [1.29, 1.82) is 0 Å². The molecule has 0 aromatic heterocycles. The molecule has 0 saturated carbocycles. The highest BCUT2D eigenvalue weighted by molar-refractivity contribution is 6.04. The highest BCUT2D eigenvalue weighted by atomic mass is 16.3. The van der Waals surface area contributed by atoms with Gasteiger partial charge in [0, 0.05) is 11.8 Å². The molecular weight excluding hydrogens is 186 g/mol. The summed E-state index contributed by atoms with van der Waals surface area (Å²) in [5, 5.41) is 17.7. The fraction of sp³-hybridized carbons (Fsp3) is 0.778. The van der Waals surface area contributed by atoms with E-state index in [0.29, 0.717) is 0 Å². The Morgan fingerprint density at radius 1 is 1.29 bits per heavy atom. The summed E-state index contributed by atoms with van der Waals surface area (Å²) in [7, 11) is 0. The number of β-amino-alcohol motifs (C(OH)–C–C–N with tert-alkyl or cyclic N) is 1. The second-order valence-electron chi connectivity index (χ2n) is 3.70. The minimum absolute atomic E-state index is 0.108. The lowest BCUT2D eigenvalue weighted by Crippen LogP contribution is -2.38. The summed E-state index contributed by atoms with van der Waals surface area (Å²) < 4.78 is 0. The van der Waals surface area contributed by atoms with Gasteiger partial charge in [-0.2, -0.15) is 0 Å². The Bertz CT molecular complexity index is 233. The van der Waals surface area contributed by atoms with Crippen molar-refractivity contribution in [3.8, 4) is 0 Å². The predicted molar refractivity (Wildman–Crippen MR) is 48.1 cm³/mol. The number of imide groups is 1. The predicted octanol–water partition coefficient (Wildman–Crippen LogP) is -1.02. The molecule has 0 aromatic carbocycles. The summed E-state index contributed by atoms with van der Waals surface area (Å²) in [4.78, 5) is 24.0. The summed E-state index contributed by atoms with van der Waals surface area (Å²) in [5.74, 6) is -1.19. The van der Waals surface area contributed by atoms with Crippen LogP contribution in [0.5, 0.6) is 0 Å². The lowest BCUT2D eigenvalue weighted by molar-refractivity contribution is -0.141. The van der Waals surface area contributed by atoms with Gasteiger partial charge in [0.25, 0.3) is 0 Å². The molecule has 1 fully saturated rings. The number of rotatable bonds is 3. The lowest BCUT2D eigenvalue weighted by atomic mass is 10.00. The first kappa shape index (κ1) is 11.1. The molecule has 0 radical (unpaired) electrons. The molecule has 1 aliphatic heterocycles. The van der Waals surface area contributed by atoms with E-state index < -0.39 is 12.7 Å². The molecule has 5 nitrogen and oxygen atoms in total. The Morgan fingerprint density at radius 3 is 2.07 bits per heavy atom. The second-order valence-corrected chi connectivity index (χ2v) is 3.70. The van der Waals surface area contributed by atoms with Gasteiger partial charge in [0.15, 0.2) is 0 Å². The third-order valence-electron chi connectivity index (χ3n) is 2.67. The van der Waals surface area contributed by atoms with Crippen LogP contribution in [-0.4, -0.2) is 46.2 Å². The molecule has 2 N–H and O–H groups in total. The van der Waals surface area contributed by atoms with Gasteiger partial charge in [0.2, 0.25) is 11.8 Å². The standard InChI is InChI=1S/C9H15NO4/c1-5-6(2)9(14)10(8(5)13)3-7(12)4-11/h5-7,11-12H,3-4H2,1-2H3. The van der Waals surface area contributed by atoms with E-state index in [9.17, 15) is 9.59 Å². The van der Waals surface area contributed by atoms with Crippen LogP contribution in [0, 0.1) is 11.8 Å². The zero-order valence-corrected chi connectivity index (χ0v) is 8.30. The van der Waals surface area contributed by atoms with Gasteiger partial charge in [-0.3, -0.25) is 14.5 Å². The van der Waals surface area contributed by atoms with Gasteiger partial charge >= 0.3 is 0 Å². The third-order valence-corrected chi connectivity index (χ3v) is 2.67. The Labute approximate surface area is 82.3 Å². The van der Waals surface area contributed by atoms with E-state index in [1.807, 2.05) is 0 Å². The van der Waals surface area contributed by atoms with E-state index >= 15 is 0 Å². The number of likely N-dealkylation sites (tertiary alicyclic amines) is 1. The summed E-state index contributed by atoms with van der Waals surface area (Å²) in [6.45, 7) is 2.83. The number of carbonyl (C=O) groups excluding carboxylic acids is 2. The molecule has 0 spiro atoms. The first-order valence-corrected chi connectivity index (χ1v) is 4.63. The molecule has 5 heteroatoms. The molecular formula is C9H15NO4. The van der Waals surface area contributed by atoms with Gasteiger partial charge in [-0.1, -0.05) is 13.8 Å². The number of hydrogen-bond acceptors (Lipinski definition) is 4. The first-order valence-electron chi connectivity index (χ1n) is 4.63. The minimum atomic E-state index is -1.04. The zero-order valence-electron chi connectivity index (χ0n) is 8.30. The number of aliphatic hydroxyl groups excluding tert-OH is 2. The van der Waals surface area contributed by atoms with E-state index in [4.69, 9.17) is 10.2 Å². The number of aliphatic hydroxyl groups is 2. The van der Waals surface area contributed by atoms with E-state index in [-0.39, 0.29) is 30.2 Å². The van der Waals surface area contributed by atoms with Crippen LogP contribution in [0.1, 0.15) is 13.8 Å². The number of hydrogen-bond donors (Lipinski definition) is 2. The Hall–Kier alpha value is -0.940. The topological polar surface area (TPSA) is 77.8 Å². The van der Waals surface area contributed by atoms with Crippen molar-refractivity contribution in [2.75, 3.05) is 13.2 Å². The molecule has 80 valence electrons.